The van der Waals surface area contributed by atoms with Crippen LogP contribution in [0.1, 0.15) is 117 Å². The Hall–Kier alpha value is -2.76. The van der Waals surface area contributed by atoms with Crippen molar-refractivity contribution in [1.82, 2.24) is 10.2 Å². The number of benzene rings is 1. The maximum Gasteiger partial charge on any atom is 0.310 e. The van der Waals surface area contributed by atoms with Crippen LogP contribution < -0.4 is 10.6 Å². The first-order chi connectivity index (χ1) is 20.9. The van der Waals surface area contributed by atoms with Crippen LogP contribution in [0.15, 0.2) is 29.8 Å². The lowest BCUT2D eigenvalue weighted by Gasteiger charge is -2.71. The fourth-order valence-electron chi connectivity index (χ4n) is 12.4. The van der Waals surface area contributed by atoms with Gasteiger partial charge >= 0.3 is 5.97 Å². The first-order valence-corrected chi connectivity index (χ1v) is 17.5. The zero-order valence-corrected chi connectivity index (χ0v) is 29.2. The van der Waals surface area contributed by atoms with Gasteiger partial charge in [-0.1, -0.05) is 66.2 Å². The Labute approximate surface area is 270 Å². The lowest BCUT2D eigenvalue weighted by Crippen LogP contribution is -2.65. The molecule has 7 rings (SSSR count). The lowest BCUT2D eigenvalue weighted by molar-refractivity contribution is -0.175. The minimum absolute atomic E-state index is 0.0353. The number of carboxylic acids is 1. The zero-order valence-electron chi connectivity index (χ0n) is 29.2. The second-order valence-electron chi connectivity index (χ2n) is 18.2. The SMILES string of the molecule is CN(C)c1cccc(C2=C3C4CC(C)(C)CCC4(C(=O)O)CCC3(C)C3(C)CCC4C(C)(C)c5n[nH]c(N)c5CC4(C)C3C2)c1. The van der Waals surface area contributed by atoms with Crippen LogP contribution in [-0.2, 0) is 16.6 Å². The number of anilines is 2. The van der Waals surface area contributed by atoms with Crippen molar-refractivity contribution in [3.63, 3.8) is 0 Å². The van der Waals surface area contributed by atoms with Crippen molar-refractivity contribution in [1.29, 1.82) is 0 Å². The number of nitrogens with two attached hydrogens (primary N) is 1. The van der Waals surface area contributed by atoms with Crippen molar-refractivity contribution in [2.45, 2.75) is 112 Å². The summed E-state index contributed by atoms with van der Waals surface area (Å²) in [6, 6.07) is 9.08. The summed E-state index contributed by atoms with van der Waals surface area (Å²) in [5.74, 6) is 1.14. The highest BCUT2D eigenvalue weighted by molar-refractivity contribution is 5.81. The molecule has 3 saturated carbocycles. The molecule has 6 heteroatoms. The number of aromatic nitrogens is 2. The molecule has 6 nitrogen and oxygen atoms in total. The van der Waals surface area contributed by atoms with Crippen molar-refractivity contribution in [3.05, 3.63) is 46.7 Å². The summed E-state index contributed by atoms with van der Waals surface area (Å²) < 4.78 is 0. The van der Waals surface area contributed by atoms with Crippen LogP contribution >= 0.6 is 0 Å². The highest BCUT2D eigenvalue weighted by Crippen LogP contribution is 2.77. The topological polar surface area (TPSA) is 95.2 Å². The molecule has 0 spiro atoms. The Bertz CT molecular complexity index is 1600. The fourth-order valence-corrected chi connectivity index (χ4v) is 12.4. The highest BCUT2D eigenvalue weighted by Gasteiger charge is 2.70. The van der Waals surface area contributed by atoms with Crippen molar-refractivity contribution in [2.75, 3.05) is 24.7 Å². The molecule has 0 aliphatic heterocycles. The molecule has 7 atom stereocenters. The molecule has 2 aromatic rings. The minimum atomic E-state index is -0.675. The quantitative estimate of drug-likeness (QED) is 0.323. The molecular formula is C39H56N4O2. The van der Waals surface area contributed by atoms with Crippen molar-refractivity contribution >= 4 is 23.0 Å². The van der Waals surface area contributed by atoms with Crippen LogP contribution in [0.4, 0.5) is 11.5 Å². The van der Waals surface area contributed by atoms with Crippen LogP contribution in [-0.4, -0.2) is 35.4 Å². The van der Waals surface area contributed by atoms with E-state index in [1.54, 1.807) is 0 Å². The summed E-state index contributed by atoms with van der Waals surface area (Å²) in [6.07, 6.45) is 8.69. The van der Waals surface area contributed by atoms with E-state index in [1.807, 2.05) is 0 Å². The summed E-state index contributed by atoms with van der Waals surface area (Å²) >= 11 is 0. The maximum atomic E-state index is 13.4. The average Bonchev–Trinajstić information content (AvgIpc) is 3.33. The number of nitrogen functional groups attached to an aromatic ring is 1. The molecule has 5 aliphatic carbocycles. The van der Waals surface area contributed by atoms with E-state index in [-0.39, 0.29) is 33.0 Å². The molecule has 1 aromatic heterocycles. The highest BCUT2D eigenvalue weighted by atomic mass is 16.4. The third-order valence-electron chi connectivity index (χ3n) is 15.1. The molecule has 7 unspecified atom stereocenters. The van der Waals surface area contributed by atoms with Gasteiger partial charge in [0.1, 0.15) is 5.82 Å². The van der Waals surface area contributed by atoms with E-state index >= 15 is 0 Å². The van der Waals surface area contributed by atoms with Crippen LogP contribution in [0, 0.1) is 44.8 Å². The third kappa shape index (κ3) is 3.92. The largest absolute Gasteiger partial charge is 0.481 e. The minimum Gasteiger partial charge on any atom is -0.481 e. The van der Waals surface area contributed by atoms with Gasteiger partial charge < -0.3 is 15.7 Å². The Morgan fingerprint density at radius 2 is 1.71 bits per heavy atom. The molecule has 0 bridgehead atoms. The Balaban J connectivity index is 1.49. The van der Waals surface area contributed by atoms with E-state index in [0.717, 1.165) is 69.3 Å². The number of nitrogens with zero attached hydrogens (tertiary/aromatic N) is 2. The van der Waals surface area contributed by atoms with E-state index in [9.17, 15) is 9.90 Å². The normalized spacial score (nSPS) is 39.5. The predicted molar refractivity (Wildman–Crippen MR) is 183 cm³/mol. The molecule has 1 aromatic carbocycles. The smallest absolute Gasteiger partial charge is 0.310 e. The van der Waals surface area contributed by atoms with Gasteiger partial charge in [-0.3, -0.25) is 9.89 Å². The summed E-state index contributed by atoms with van der Waals surface area (Å²) in [4.78, 5) is 15.6. The number of aliphatic carboxylic acids is 1. The molecular weight excluding hydrogens is 556 g/mol. The van der Waals surface area contributed by atoms with Gasteiger partial charge in [-0.25, -0.2) is 0 Å². The zero-order chi connectivity index (χ0) is 32.5. The first kappa shape index (κ1) is 30.9. The number of carbonyl (C=O) groups is 1. The number of nitrogens with one attached hydrogen (secondary N) is 1. The van der Waals surface area contributed by atoms with E-state index in [0.29, 0.717) is 11.8 Å². The van der Waals surface area contributed by atoms with E-state index in [1.165, 1.54) is 28.0 Å². The van der Waals surface area contributed by atoms with Crippen molar-refractivity contribution < 1.29 is 9.90 Å². The predicted octanol–water partition coefficient (Wildman–Crippen LogP) is 8.49. The molecule has 4 N–H and O–H groups in total. The second-order valence-corrected chi connectivity index (χ2v) is 18.2. The van der Waals surface area contributed by atoms with Gasteiger partial charge in [0.15, 0.2) is 0 Å². The molecule has 0 saturated heterocycles. The van der Waals surface area contributed by atoms with Crippen LogP contribution in [0.25, 0.3) is 5.57 Å². The van der Waals surface area contributed by atoms with Crippen LogP contribution in [0.5, 0.6) is 0 Å². The Morgan fingerprint density at radius 3 is 2.40 bits per heavy atom. The number of hydrogen-bond acceptors (Lipinski definition) is 4. The summed E-state index contributed by atoms with van der Waals surface area (Å²) in [7, 11) is 4.23. The summed E-state index contributed by atoms with van der Waals surface area (Å²) in [5.41, 5.74) is 13.8. The third-order valence-corrected chi connectivity index (χ3v) is 15.1. The van der Waals surface area contributed by atoms with Gasteiger partial charge in [0.05, 0.1) is 11.1 Å². The number of aromatic amines is 1. The van der Waals surface area contributed by atoms with Gasteiger partial charge in [-0.05, 0) is 120 Å². The maximum absolute atomic E-state index is 13.4. The van der Waals surface area contributed by atoms with Gasteiger partial charge in [0.2, 0.25) is 0 Å². The molecule has 0 amide bonds. The standard InChI is InChI=1S/C39H56N4O2/c1-34(2)15-17-39(33(44)45)18-16-38(7)30(27(39)22-34)25(23-11-10-12-24(19-23)43(8)9)20-29-36(5)21-26-31(41-42-32(26)40)35(3,4)28(36)13-14-37(29,38)6/h10-12,19,27-29H,13-18,20-22H2,1-9H3,(H,44,45)(H3,40,41,42). The molecule has 1 heterocycles. The monoisotopic (exact) mass is 612 g/mol. The van der Waals surface area contributed by atoms with Gasteiger partial charge in [0.25, 0.3) is 0 Å². The van der Waals surface area contributed by atoms with Crippen LogP contribution in [0.3, 0.4) is 0 Å². The fraction of sp³-hybridized carbons (Fsp3) is 0.692. The molecule has 244 valence electrons. The van der Waals surface area contributed by atoms with Gasteiger partial charge in [-0.15, -0.1) is 0 Å². The average molecular weight is 613 g/mol. The molecule has 0 radical (unpaired) electrons. The summed E-state index contributed by atoms with van der Waals surface area (Å²) in [6.45, 7) is 17.3. The molecule has 5 aliphatic rings. The lowest BCUT2D eigenvalue weighted by atomic mass is 9.33. The number of allylic oxidation sites excluding steroid dienone is 2. The van der Waals surface area contributed by atoms with Crippen molar-refractivity contribution in [2.24, 2.45) is 44.8 Å². The Kier molecular flexibility index (Phi) is 6.46. The van der Waals surface area contributed by atoms with E-state index in [2.05, 4.69) is 96.8 Å². The Morgan fingerprint density at radius 1 is 1.00 bits per heavy atom. The summed E-state index contributed by atoms with van der Waals surface area (Å²) in [5, 5.41) is 19.0. The first-order valence-electron chi connectivity index (χ1n) is 17.5. The molecule has 3 fully saturated rings. The number of rotatable bonds is 3. The van der Waals surface area contributed by atoms with Crippen molar-refractivity contribution in [3.8, 4) is 0 Å². The number of H-pyrrole nitrogens is 1. The number of carboxylic acid groups (broad SMARTS) is 1. The number of hydrogen-bond donors (Lipinski definition) is 3. The van der Waals surface area contributed by atoms with Gasteiger partial charge in [0, 0.05) is 30.8 Å². The van der Waals surface area contributed by atoms with E-state index in [4.69, 9.17) is 10.8 Å². The van der Waals surface area contributed by atoms with E-state index < -0.39 is 11.4 Å². The molecule has 45 heavy (non-hydrogen) atoms. The van der Waals surface area contributed by atoms with Crippen LogP contribution in [0.2, 0.25) is 0 Å². The van der Waals surface area contributed by atoms with Gasteiger partial charge in [-0.2, -0.15) is 5.10 Å². The second kappa shape index (κ2) is 9.41. The number of fused-ring (bicyclic) bond motifs is 8.